The molecule has 0 saturated heterocycles. The van der Waals surface area contributed by atoms with Gasteiger partial charge in [-0.25, -0.2) is 0 Å². The number of amides is 1. The number of esters is 1. The molecule has 0 fully saturated rings. The Morgan fingerprint density at radius 3 is 1.12 bits per heavy atom. The van der Waals surface area contributed by atoms with Crippen molar-refractivity contribution in [3.8, 4) is 0 Å². The normalized spacial score (nSPS) is 13.7. The van der Waals surface area contributed by atoms with Gasteiger partial charge >= 0.3 is 5.97 Å². The quantitative estimate of drug-likeness (QED) is 0.0212. The van der Waals surface area contributed by atoms with Gasteiger partial charge in [0.05, 0.1) is 33.8 Å². The fraction of sp³-hybridized carbons (Fsp3) is 0.910. The Hall–Kier alpha value is -1.51. The molecule has 0 aliphatic rings. The van der Waals surface area contributed by atoms with Crippen molar-refractivity contribution >= 4 is 19.7 Å². The third-order valence-corrected chi connectivity index (χ3v) is 16.3. The van der Waals surface area contributed by atoms with E-state index < -0.39 is 20.0 Å². The lowest BCUT2D eigenvalue weighted by atomic mass is 10.0. The number of hydrogen-bond donors (Lipinski definition) is 1. The van der Waals surface area contributed by atoms with Gasteiger partial charge < -0.3 is 28.5 Å². The Kier molecular flexibility index (Phi) is 56.6. The molecule has 0 aromatic carbocycles. The van der Waals surface area contributed by atoms with Gasteiger partial charge in [0.15, 0.2) is 0 Å². The van der Waals surface area contributed by atoms with Crippen LogP contribution < -0.4 is 10.2 Å². The standard InChI is InChI=1S/C67H131N2O7P/c1-7-10-13-16-19-22-25-27-29-30-31-32-33-34-35-36-37-38-40-41-44-47-50-53-56-59-66(70)68-64(63-75-77(72,73)74-62-61-69(4,5)6)65(58-55-52-49-46-43-24-21-18-15-12-9-3)76-67(71)60-57-54-51-48-45-42-39-28-26-23-20-17-14-11-8-2/h23,26,55,58,64-65H,7-22,24-25,27-54,56-57,59-63H2,1-6H3,(H-,68,70,72,73)/b26-23-,58-55-. The van der Waals surface area contributed by atoms with E-state index in [9.17, 15) is 19.0 Å². The molecule has 0 aliphatic heterocycles. The van der Waals surface area contributed by atoms with E-state index in [1.165, 1.54) is 238 Å². The van der Waals surface area contributed by atoms with Crippen LogP contribution in [0.25, 0.3) is 0 Å². The average Bonchev–Trinajstić information content (AvgIpc) is 3.39. The highest BCUT2D eigenvalue weighted by Crippen LogP contribution is 2.38. The zero-order chi connectivity index (χ0) is 56.4. The van der Waals surface area contributed by atoms with Gasteiger partial charge in [-0.3, -0.25) is 14.2 Å². The Labute approximate surface area is 479 Å². The summed E-state index contributed by atoms with van der Waals surface area (Å²) in [7, 11) is 1.20. The summed E-state index contributed by atoms with van der Waals surface area (Å²) < 4.78 is 30.3. The summed E-state index contributed by atoms with van der Waals surface area (Å²) >= 11 is 0. The molecular weight excluding hydrogens is 976 g/mol. The number of carbonyl (C=O) groups excluding carboxylic acids is 2. The van der Waals surface area contributed by atoms with Gasteiger partial charge in [0.25, 0.3) is 7.82 Å². The number of quaternary nitrogens is 1. The minimum atomic E-state index is -4.69. The average molecular weight is 1110 g/mol. The second kappa shape index (κ2) is 57.7. The lowest BCUT2D eigenvalue weighted by molar-refractivity contribution is -0.870. The Morgan fingerprint density at radius 1 is 0.442 bits per heavy atom. The number of hydrogen-bond acceptors (Lipinski definition) is 7. The number of rotatable bonds is 62. The van der Waals surface area contributed by atoms with E-state index in [1.54, 1.807) is 0 Å². The number of phosphoric ester groups is 1. The van der Waals surface area contributed by atoms with E-state index in [0.717, 1.165) is 70.6 Å². The highest BCUT2D eigenvalue weighted by Gasteiger charge is 2.27. The van der Waals surface area contributed by atoms with Crippen molar-refractivity contribution < 1.29 is 37.3 Å². The SMILES string of the molecule is CCCCCC/C=C\CCCCCCCCCC(=O)OC(/C=C\CCCCCCCCCCC)C(COP(=O)([O-])OCC[N+](C)(C)C)NC(=O)CCCCCCCCCCCCCCCCCCCCCCCCCCC. The van der Waals surface area contributed by atoms with Gasteiger partial charge in [-0.1, -0.05) is 296 Å². The van der Waals surface area contributed by atoms with Crippen LogP contribution in [0.4, 0.5) is 0 Å². The second-order valence-electron chi connectivity index (χ2n) is 24.3. The molecular formula is C67H131N2O7P. The lowest BCUT2D eigenvalue weighted by Crippen LogP contribution is -2.47. The third kappa shape index (κ3) is 58.9. The van der Waals surface area contributed by atoms with E-state index in [-0.39, 0.29) is 31.5 Å². The number of phosphoric acid groups is 1. The van der Waals surface area contributed by atoms with Crippen LogP contribution in [-0.2, 0) is 27.9 Å². The first-order chi connectivity index (χ1) is 37.4. The zero-order valence-corrected chi connectivity index (χ0v) is 53.1. The first kappa shape index (κ1) is 75.5. The third-order valence-electron chi connectivity index (χ3n) is 15.4. The van der Waals surface area contributed by atoms with E-state index in [0.29, 0.717) is 17.4 Å². The smallest absolute Gasteiger partial charge is 0.306 e. The molecule has 0 aromatic rings. The zero-order valence-electron chi connectivity index (χ0n) is 52.2. The van der Waals surface area contributed by atoms with Crippen LogP contribution in [-0.4, -0.2) is 69.4 Å². The topological polar surface area (TPSA) is 114 Å². The number of ether oxygens (including phenoxy) is 1. The van der Waals surface area contributed by atoms with E-state index in [1.807, 2.05) is 33.3 Å². The number of allylic oxidation sites excluding steroid dienone is 3. The molecule has 0 spiro atoms. The van der Waals surface area contributed by atoms with Gasteiger partial charge in [0.2, 0.25) is 5.91 Å². The summed E-state index contributed by atoms with van der Waals surface area (Å²) in [4.78, 5) is 40.0. The maximum Gasteiger partial charge on any atom is 0.306 e. The van der Waals surface area contributed by atoms with Crippen LogP contribution in [0.5, 0.6) is 0 Å². The molecule has 77 heavy (non-hydrogen) atoms. The number of carbonyl (C=O) groups is 2. The predicted octanol–water partition coefficient (Wildman–Crippen LogP) is 20.3. The van der Waals surface area contributed by atoms with Gasteiger partial charge in [-0.2, -0.15) is 0 Å². The van der Waals surface area contributed by atoms with Crippen molar-refractivity contribution in [2.24, 2.45) is 0 Å². The number of unbranched alkanes of at least 4 members (excludes halogenated alkanes) is 44. The molecule has 1 amide bonds. The number of nitrogens with zero attached hydrogens (tertiary/aromatic N) is 1. The van der Waals surface area contributed by atoms with Crippen LogP contribution >= 0.6 is 7.82 Å². The molecule has 0 heterocycles. The van der Waals surface area contributed by atoms with Crippen LogP contribution in [0.3, 0.4) is 0 Å². The maximum atomic E-state index is 13.6. The molecule has 0 radical (unpaired) electrons. The number of likely N-dealkylation sites (N-methyl/N-ethyl adjacent to an activating group) is 1. The van der Waals surface area contributed by atoms with Gasteiger partial charge in [0.1, 0.15) is 19.3 Å². The van der Waals surface area contributed by atoms with Gasteiger partial charge in [0, 0.05) is 12.8 Å². The Morgan fingerprint density at radius 2 is 0.753 bits per heavy atom. The second-order valence-corrected chi connectivity index (χ2v) is 25.7. The summed E-state index contributed by atoms with van der Waals surface area (Å²) in [5, 5.41) is 3.04. The fourth-order valence-corrected chi connectivity index (χ4v) is 10.9. The minimum Gasteiger partial charge on any atom is -0.756 e. The van der Waals surface area contributed by atoms with Crippen LogP contribution in [0, 0.1) is 0 Å². The maximum absolute atomic E-state index is 13.6. The van der Waals surface area contributed by atoms with Crippen molar-refractivity contribution in [2.45, 2.75) is 354 Å². The Bertz CT molecular complexity index is 1370. The summed E-state index contributed by atoms with van der Waals surface area (Å²) in [6.45, 7) is 6.87. The van der Waals surface area contributed by atoms with E-state index in [2.05, 4.69) is 38.2 Å². The fourth-order valence-electron chi connectivity index (χ4n) is 10.2. The molecule has 0 aromatic heterocycles. The lowest BCUT2D eigenvalue weighted by Gasteiger charge is -2.30. The highest BCUT2D eigenvalue weighted by atomic mass is 31.2. The van der Waals surface area contributed by atoms with Gasteiger partial charge in [-0.15, -0.1) is 0 Å². The summed E-state index contributed by atoms with van der Waals surface area (Å²) in [5.41, 5.74) is 0. The molecule has 0 rings (SSSR count). The van der Waals surface area contributed by atoms with Crippen molar-refractivity contribution in [3.05, 3.63) is 24.3 Å². The van der Waals surface area contributed by atoms with Crippen LogP contribution in [0.1, 0.15) is 342 Å². The van der Waals surface area contributed by atoms with Crippen molar-refractivity contribution in [1.82, 2.24) is 5.32 Å². The van der Waals surface area contributed by atoms with Crippen molar-refractivity contribution in [1.29, 1.82) is 0 Å². The van der Waals surface area contributed by atoms with Gasteiger partial charge in [-0.05, 0) is 57.4 Å². The molecule has 9 nitrogen and oxygen atoms in total. The minimum absolute atomic E-state index is 0.0193. The van der Waals surface area contributed by atoms with Crippen molar-refractivity contribution in [2.75, 3.05) is 40.9 Å². The number of nitrogens with one attached hydrogen (secondary N) is 1. The highest BCUT2D eigenvalue weighted by molar-refractivity contribution is 7.45. The molecule has 0 bridgehead atoms. The van der Waals surface area contributed by atoms with Crippen LogP contribution in [0.2, 0.25) is 0 Å². The van der Waals surface area contributed by atoms with Crippen LogP contribution in [0.15, 0.2) is 24.3 Å². The molecule has 0 aliphatic carbocycles. The molecule has 456 valence electrons. The largest absolute Gasteiger partial charge is 0.756 e. The molecule has 0 saturated carbocycles. The molecule has 3 atom stereocenters. The van der Waals surface area contributed by atoms with E-state index in [4.69, 9.17) is 13.8 Å². The Balaban J connectivity index is 4.99. The van der Waals surface area contributed by atoms with Crippen molar-refractivity contribution in [3.63, 3.8) is 0 Å². The summed E-state index contributed by atoms with van der Waals surface area (Å²) in [6.07, 6.45) is 68.7. The predicted molar refractivity (Wildman–Crippen MR) is 330 cm³/mol. The first-order valence-corrected chi connectivity index (χ1v) is 35.1. The molecule has 10 heteroatoms. The monoisotopic (exact) mass is 1110 g/mol. The molecule has 1 N–H and O–H groups in total. The van der Waals surface area contributed by atoms with E-state index >= 15 is 0 Å². The summed E-state index contributed by atoms with van der Waals surface area (Å²) in [6, 6.07) is -0.884. The summed E-state index contributed by atoms with van der Waals surface area (Å²) in [5.74, 6) is -0.528. The molecule has 3 unspecified atom stereocenters. The first-order valence-electron chi connectivity index (χ1n) is 33.6.